The number of carbonyl (C=O) groups excluding carboxylic acids is 2. The first-order valence-corrected chi connectivity index (χ1v) is 11.1. The lowest BCUT2D eigenvalue weighted by atomic mass is 10.1. The third-order valence-electron chi connectivity index (χ3n) is 4.00. The van der Waals surface area contributed by atoms with E-state index in [9.17, 15) is 9.59 Å². The van der Waals surface area contributed by atoms with Gasteiger partial charge in [0.05, 0.1) is 11.4 Å². The van der Waals surface area contributed by atoms with Gasteiger partial charge in [-0.2, -0.15) is 0 Å². The summed E-state index contributed by atoms with van der Waals surface area (Å²) in [6.45, 7) is 2.53. The van der Waals surface area contributed by atoms with Gasteiger partial charge in [0.15, 0.2) is 0 Å². The molecule has 156 valence electrons. The van der Waals surface area contributed by atoms with Crippen molar-refractivity contribution in [2.45, 2.75) is 13.5 Å². The predicted octanol–water partition coefficient (Wildman–Crippen LogP) is 4.03. The number of rotatable bonds is 8. The quantitative estimate of drug-likeness (QED) is 0.319. The molecule has 2 aromatic rings. The molecule has 9 heteroatoms. The van der Waals surface area contributed by atoms with Gasteiger partial charge in [-0.25, -0.2) is 0 Å². The lowest BCUT2D eigenvalue weighted by Crippen LogP contribution is -2.25. The van der Waals surface area contributed by atoms with E-state index in [0.717, 1.165) is 15.6 Å². The summed E-state index contributed by atoms with van der Waals surface area (Å²) in [6.07, 6.45) is 1.75. The van der Waals surface area contributed by atoms with Crippen LogP contribution in [-0.2, 0) is 16.2 Å². The third kappa shape index (κ3) is 6.32. The zero-order valence-electron chi connectivity index (χ0n) is 16.1. The average molecular weight is 507 g/mol. The molecule has 0 saturated carbocycles. The Kier molecular flexibility index (Phi) is 7.89. The molecular weight excluding hydrogens is 488 g/mol. The number of thioether (sulfide) groups is 1. The van der Waals surface area contributed by atoms with Crippen LogP contribution >= 0.6 is 39.9 Å². The molecule has 0 unspecified atom stereocenters. The molecule has 0 atom stereocenters. The summed E-state index contributed by atoms with van der Waals surface area (Å²) < 4.78 is 13.1. The second-order valence-electron chi connectivity index (χ2n) is 6.26. The molecular formula is C21H19BrN2O4S2. The van der Waals surface area contributed by atoms with E-state index >= 15 is 0 Å². The summed E-state index contributed by atoms with van der Waals surface area (Å²) in [5.74, 6) is 0.839. The van der Waals surface area contributed by atoms with Crippen LogP contribution in [-0.4, -0.2) is 29.3 Å². The lowest BCUT2D eigenvalue weighted by molar-refractivity contribution is -0.119. The van der Waals surface area contributed by atoms with E-state index in [1.807, 2.05) is 30.3 Å². The number of nitrogens with one attached hydrogen (secondary N) is 2. The van der Waals surface area contributed by atoms with E-state index in [2.05, 4.69) is 26.6 Å². The zero-order chi connectivity index (χ0) is 21.5. The second kappa shape index (κ2) is 10.6. The van der Waals surface area contributed by atoms with Crippen molar-refractivity contribution in [3.05, 3.63) is 63.0 Å². The minimum absolute atomic E-state index is 0.108. The summed E-state index contributed by atoms with van der Waals surface area (Å²) in [7, 11) is 0. The van der Waals surface area contributed by atoms with Gasteiger partial charge in [-0.3, -0.25) is 9.59 Å². The van der Waals surface area contributed by atoms with Gasteiger partial charge in [0.1, 0.15) is 29.0 Å². The van der Waals surface area contributed by atoms with Gasteiger partial charge in [-0.15, -0.1) is 0 Å². The number of halogens is 1. The molecule has 1 fully saturated rings. The molecule has 0 bridgehead atoms. The first-order valence-electron chi connectivity index (χ1n) is 9.05. The standard InChI is InChI=1S/C21H19BrN2O4S2/c1-13(25)23-8-9-27-16-7-6-14(10-19-20(26)24-21(29)30-19)18(11-16)28-12-15-4-2-3-5-17(15)22/h2-7,10-11H,8-9,12H2,1H3,(H,23,25)(H,24,26,29)/b19-10-. The fraction of sp³-hybridized carbons (Fsp3) is 0.190. The van der Waals surface area contributed by atoms with Gasteiger partial charge in [-0.1, -0.05) is 58.1 Å². The van der Waals surface area contributed by atoms with E-state index in [0.29, 0.717) is 40.5 Å². The Labute approximate surface area is 192 Å². The van der Waals surface area contributed by atoms with Crippen LogP contribution in [0.1, 0.15) is 18.1 Å². The fourth-order valence-electron chi connectivity index (χ4n) is 2.58. The predicted molar refractivity (Wildman–Crippen MR) is 125 cm³/mol. The largest absolute Gasteiger partial charge is 0.492 e. The van der Waals surface area contributed by atoms with Crippen LogP contribution in [0, 0.1) is 0 Å². The van der Waals surface area contributed by atoms with E-state index < -0.39 is 0 Å². The molecule has 0 aromatic heterocycles. The minimum Gasteiger partial charge on any atom is -0.492 e. The highest BCUT2D eigenvalue weighted by atomic mass is 79.9. The van der Waals surface area contributed by atoms with Crippen LogP contribution in [0.4, 0.5) is 0 Å². The van der Waals surface area contributed by atoms with Crippen molar-refractivity contribution in [1.29, 1.82) is 0 Å². The Morgan fingerprint density at radius 1 is 1.27 bits per heavy atom. The second-order valence-corrected chi connectivity index (χ2v) is 8.84. The van der Waals surface area contributed by atoms with Crippen LogP contribution in [0.2, 0.25) is 0 Å². The molecule has 1 aliphatic rings. The van der Waals surface area contributed by atoms with Crippen molar-refractivity contribution in [3.8, 4) is 11.5 Å². The number of carbonyl (C=O) groups is 2. The van der Waals surface area contributed by atoms with Crippen molar-refractivity contribution >= 4 is 62.1 Å². The molecule has 1 aliphatic heterocycles. The van der Waals surface area contributed by atoms with Crippen molar-refractivity contribution < 1.29 is 19.1 Å². The lowest BCUT2D eigenvalue weighted by Gasteiger charge is -2.13. The number of thiocarbonyl (C=S) groups is 1. The van der Waals surface area contributed by atoms with Crippen molar-refractivity contribution in [2.24, 2.45) is 0 Å². The average Bonchev–Trinajstić information content (AvgIpc) is 3.02. The van der Waals surface area contributed by atoms with E-state index in [1.165, 1.54) is 18.7 Å². The molecule has 2 N–H and O–H groups in total. The highest BCUT2D eigenvalue weighted by molar-refractivity contribution is 9.10. The van der Waals surface area contributed by atoms with Crippen molar-refractivity contribution in [1.82, 2.24) is 10.6 Å². The van der Waals surface area contributed by atoms with E-state index in [-0.39, 0.29) is 11.8 Å². The summed E-state index contributed by atoms with van der Waals surface area (Å²) in [4.78, 5) is 23.5. The molecule has 30 heavy (non-hydrogen) atoms. The summed E-state index contributed by atoms with van der Waals surface area (Å²) in [5.41, 5.74) is 1.72. The first kappa shape index (κ1) is 22.3. The van der Waals surface area contributed by atoms with Gasteiger partial charge in [-0.05, 0) is 24.3 Å². The highest BCUT2D eigenvalue weighted by Crippen LogP contribution is 2.32. The summed E-state index contributed by atoms with van der Waals surface area (Å²) in [5, 5.41) is 5.29. The molecule has 2 aromatic carbocycles. The maximum Gasteiger partial charge on any atom is 0.263 e. The van der Waals surface area contributed by atoms with Gasteiger partial charge in [0.25, 0.3) is 5.91 Å². The number of benzene rings is 2. The number of hydrogen-bond acceptors (Lipinski definition) is 6. The molecule has 0 aliphatic carbocycles. The van der Waals surface area contributed by atoms with Crippen molar-refractivity contribution in [3.63, 3.8) is 0 Å². The van der Waals surface area contributed by atoms with Crippen LogP contribution in [0.25, 0.3) is 6.08 Å². The Balaban J connectivity index is 1.80. The molecule has 0 radical (unpaired) electrons. The smallest absolute Gasteiger partial charge is 0.263 e. The summed E-state index contributed by atoms with van der Waals surface area (Å²) >= 11 is 9.79. The maximum atomic E-state index is 12.0. The zero-order valence-corrected chi connectivity index (χ0v) is 19.3. The highest BCUT2D eigenvalue weighted by Gasteiger charge is 2.22. The van der Waals surface area contributed by atoms with Gasteiger partial charge in [0.2, 0.25) is 5.91 Å². The minimum atomic E-state index is -0.225. The molecule has 1 heterocycles. The molecule has 3 rings (SSSR count). The molecule has 1 saturated heterocycles. The Morgan fingerprint density at radius 3 is 2.77 bits per heavy atom. The third-order valence-corrected chi connectivity index (χ3v) is 5.94. The van der Waals surface area contributed by atoms with Gasteiger partial charge in [0, 0.05) is 28.6 Å². The summed E-state index contributed by atoms with van der Waals surface area (Å²) in [6, 6.07) is 13.2. The fourth-order valence-corrected chi connectivity index (χ4v) is 4.01. The topological polar surface area (TPSA) is 76.7 Å². The van der Waals surface area contributed by atoms with Gasteiger partial charge >= 0.3 is 0 Å². The van der Waals surface area contributed by atoms with Crippen LogP contribution in [0.5, 0.6) is 11.5 Å². The monoisotopic (exact) mass is 506 g/mol. The number of amides is 2. The Hall–Kier alpha value is -2.36. The molecule has 6 nitrogen and oxygen atoms in total. The first-order chi connectivity index (χ1) is 14.4. The number of ether oxygens (including phenoxy) is 2. The van der Waals surface area contributed by atoms with E-state index in [1.54, 1.807) is 18.2 Å². The van der Waals surface area contributed by atoms with Crippen molar-refractivity contribution in [2.75, 3.05) is 13.2 Å². The normalized spacial score (nSPS) is 14.5. The number of hydrogen-bond donors (Lipinski definition) is 2. The molecule has 2 amide bonds. The van der Waals surface area contributed by atoms with Crippen LogP contribution in [0.3, 0.4) is 0 Å². The Morgan fingerprint density at radius 2 is 2.07 bits per heavy atom. The molecule has 0 spiro atoms. The van der Waals surface area contributed by atoms with Crippen LogP contribution in [0.15, 0.2) is 51.8 Å². The SMILES string of the molecule is CC(=O)NCCOc1ccc(/C=C2\SC(=S)NC2=O)c(OCc2ccccc2Br)c1. The van der Waals surface area contributed by atoms with Gasteiger partial charge < -0.3 is 20.1 Å². The van der Waals surface area contributed by atoms with E-state index in [4.69, 9.17) is 21.7 Å². The Bertz CT molecular complexity index is 1010. The van der Waals surface area contributed by atoms with Crippen LogP contribution < -0.4 is 20.1 Å². The maximum absolute atomic E-state index is 12.0.